The number of rotatable bonds is 10. The van der Waals surface area contributed by atoms with Gasteiger partial charge < -0.3 is 20.4 Å². The fourth-order valence-corrected chi connectivity index (χ4v) is 4.22. The molecule has 1 unspecified atom stereocenters. The summed E-state index contributed by atoms with van der Waals surface area (Å²) in [4.78, 5) is 54.0. The number of aromatic nitrogens is 1. The van der Waals surface area contributed by atoms with Gasteiger partial charge in [0, 0.05) is 40.4 Å². The number of amides is 2. The second kappa shape index (κ2) is 12.9. The van der Waals surface area contributed by atoms with Crippen molar-refractivity contribution in [1.29, 1.82) is 0 Å². The molecule has 4 aromatic rings. The van der Waals surface area contributed by atoms with Crippen LogP contribution in [-0.2, 0) is 16.0 Å². The first kappa shape index (κ1) is 27.6. The standard InChI is InChI=1S/C30H28ClN3O5/c1-2-3-12-28(36)39-26-11-7-6-10-24(26)33-30(38)25(34-29(37)19-13-15-21(31)16-14-19)17-20-18-27(35)32-23-9-5-4-8-22(20)23/h4-11,13-16,18,25H,2-3,12,17H2,1H3,(H,32,35)(H,33,38)(H,34,37). The van der Waals surface area contributed by atoms with Crippen LogP contribution in [0, 0.1) is 0 Å². The lowest BCUT2D eigenvalue weighted by atomic mass is 10.0. The average molecular weight is 546 g/mol. The number of hydrogen-bond acceptors (Lipinski definition) is 5. The summed E-state index contributed by atoms with van der Waals surface area (Å²) >= 11 is 5.95. The molecule has 1 aromatic heterocycles. The van der Waals surface area contributed by atoms with Crippen molar-refractivity contribution in [3.05, 3.63) is 105 Å². The Morgan fingerprint density at radius 3 is 2.46 bits per heavy atom. The monoisotopic (exact) mass is 545 g/mol. The molecule has 0 saturated heterocycles. The molecule has 1 atom stereocenters. The Balaban J connectivity index is 1.63. The van der Waals surface area contributed by atoms with Crippen LogP contribution in [0.1, 0.15) is 42.1 Å². The van der Waals surface area contributed by atoms with E-state index < -0.39 is 23.8 Å². The van der Waals surface area contributed by atoms with Crippen LogP contribution >= 0.6 is 11.6 Å². The fourth-order valence-electron chi connectivity index (χ4n) is 4.09. The number of anilines is 1. The first-order chi connectivity index (χ1) is 18.8. The lowest BCUT2D eigenvalue weighted by molar-refractivity contribution is -0.134. The molecule has 3 aromatic carbocycles. The van der Waals surface area contributed by atoms with Crippen molar-refractivity contribution in [1.82, 2.24) is 10.3 Å². The normalized spacial score (nSPS) is 11.5. The van der Waals surface area contributed by atoms with E-state index in [-0.39, 0.29) is 29.8 Å². The largest absolute Gasteiger partial charge is 0.424 e. The van der Waals surface area contributed by atoms with Crippen molar-refractivity contribution in [3.8, 4) is 5.75 Å². The molecule has 200 valence electrons. The van der Waals surface area contributed by atoms with Crippen LogP contribution in [0.15, 0.2) is 83.7 Å². The summed E-state index contributed by atoms with van der Waals surface area (Å²) in [5.41, 5.74) is 1.49. The van der Waals surface area contributed by atoms with Gasteiger partial charge >= 0.3 is 5.97 Å². The number of H-pyrrole nitrogens is 1. The van der Waals surface area contributed by atoms with Crippen LogP contribution in [0.25, 0.3) is 10.9 Å². The number of fused-ring (bicyclic) bond motifs is 1. The number of halogens is 1. The molecule has 0 radical (unpaired) electrons. The maximum atomic E-state index is 13.6. The Morgan fingerprint density at radius 2 is 1.69 bits per heavy atom. The SMILES string of the molecule is CCCCC(=O)Oc1ccccc1NC(=O)C(Cc1cc(=O)[nH]c2ccccc12)NC(=O)c1ccc(Cl)cc1. The minimum atomic E-state index is -1.07. The van der Waals surface area contributed by atoms with Gasteiger partial charge in [-0.25, -0.2) is 0 Å². The molecule has 8 nitrogen and oxygen atoms in total. The summed E-state index contributed by atoms with van der Waals surface area (Å²) < 4.78 is 5.48. The lowest BCUT2D eigenvalue weighted by Crippen LogP contribution is -2.45. The number of nitrogens with one attached hydrogen (secondary N) is 3. The number of ether oxygens (including phenoxy) is 1. The molecule has 3 N–H and O–H groups in total. The highest BCUT2D eigenvalue weighted by Crippen LogP contribution is 2.25. The summed E-state index contributed by atoms with van der Waals surface area (Å²) in [5.74, 6) is -1.23. The summed E-state index contributed by atoms with van der Waals surface area (Å²) in [6, 6.07) is 20.5. The first-order valence-electron chi connectivity index (χ1n) is 12.6. The summed E-state index contributed by atoms with van der Waals surface area (Å²) in [7, 11) is 0. The van der Waals surface area contributed by atoms with Gasteiger partial charge in [-0.2, -0.15) is 0 Å². The maximum absolute atomic E-state index is 13.6. The van der Waals surface area contributed by atoms with E-state index in [1.54, 1.807) is 60.7 Å². The number of esters is 1. The third-order valence-electron chi connectivity index (χ3n) is 6.09. The second-order valence-corrected chi connectivity index (χ2v) is 9.44. The van der Waals surface area contributed by atoms with Crippen LogP contribution in [0.2, 0.25) is 5.02 Å². The molecule has 9 heteroatoms. The number of para-hydroxylation sites is 3. The van der Waals surface area contributed by atoms with E-state index in [2.05, 4.69) is 15.6 Å². The van der Waals surface area contributed by atoms with Crippen LogP contribution < -0.4 is 20.9 Å². The smallest absolute Gasteiger partial charge is 0.311 e. The molecule has 0 aliphatic rings. The molecule has 0 fully saturated rings. The molecule has 39 heavy (non-hydrogen) atoms. The number of carbonyl (C=O) groups excluding carboxylic acids is 3. The van der Waals surface area contributed by atoms with Crippen molar-refractivity contribution < 1.29 is 19.1 Å². The number of aromatic amines is 1. The molecular weight excluding hydrogens is 518 g/mol. The highest BCUT2D eigenvalue weighted by Gasteiger charge is 2.24. The summed E-state index contributed by atoms with van der Waals surface area (Å²) in [6.45, 7) is 1.98. The van der Waals surface area contributed by atoms with Gasteiger partial charge in [0.25, 0.3) is 5.91 Å². The quantitative estimate of drug-likeness (QED) is 0.186. The molecule has 2 amide bonds. The van der Waals surface area contributed by atoms with Gasteiger partial charge in [0.05, 0.1) is 5.69 Å². The number of unbranched alkanes of at least 4 members (excludes halogenated alkanes) is 1. The van der Waals surface area contributed by atoms with Crippen molar-refractivity contribution in [3.63, 3.8) is 0 Å². The minimum absolute atomic E-state index is 0.0358. The minimum Gasteiger partial charge on any atom is -0.424 e. The highest BCUT2D eigenvalue weighted by molar-refractivity contribution is 6.30. The van der Waals surface area contributed by atoms with E-state index in [1.807, 2.05) is 19.1 Å². The molecule has 1 heterocycles. The zero-order chi connectivity index (χ0) is 27.8. The van der Waals surface area contributed by atoms with E-state index in [4.69, 9.17) is 16.3 Å². The molecule has 4 rings (SSSR count). The fraction of sp³-hybridized carbons (Fsp3) is 0.200. The summed E-state index contributed by atoms with van der Waals surface area (Å²) in [5, 5.41) is 6.79. The zero-order valence-corrected chi connectivity index (χ0v) is 22.1. The van der Waals surface area contributed by atoms with Crippen molar-refractivity contribution in [2.24, 2.45) is 0 Å². The second-order valence-electron chi connectivity index (χ2n) is 9.00. The van der Waals surface area contributed by atoms with Gasteiger partial charge in [0.1, 0.15) is 6.04 Å². The van der Waals surface area contributed by atoms with Crippen LogP contribution in [0.5, 0.6) is 5.75 Å². The van der Waals surface area contributed by atoms with E-state index in [0.717, 1.165) is 11.8 Å². The Hall–Kier alpha value is -4.43. The highest BCUT2D eigenvalue weighted by atomic mass is 35.5. The van der Waals surface area contributed by atoms with Gasteiger partial charge in [-0.1, -0.05) is 55.3 Å². The van der Waals surface area contributed by atoms with E-state index >= 15 is 0 Å². The summed E-state index contributed by atoms with van der Waals surface area (Å²) in [6.07, 6.45) is 1.83. The van der Waals surface area contributed by atoms with Gasteiger partial charge in [0.2, 0.25) is 11.5 Å². The van der Waals surface area contributed by atoms with Crippen molar-refractivity contribution >= 4 is 46.0 Å². The number of carbonyl (C=O) groups is 3. The Labute approximate surface area is 230 Å². The van der Waals surface area contributed by atoms with Gasteiger partial charge in [-0.3, -0.25) is 19.2 Å². The third kappa shape index (κ3) is 7.33. The van der Waals surface area contributed by atoms with Crippen LogP contribution in [-0.4, -0.2) is 28.8 Å². The van der Waals surface area contributed by atoms with Crippen LogP contribution in [0.3, 0.4) is 0 Å². The zero-order valence-electron chi connectivity index (χ0n) is 21.3. The molecule has 0 saturated carbocycles. The van der Waals surface area contributed by atoms with E-state index in [0.29, 0.717) is 28.1 Å². The Bertz CT molecular complexity index is 1550. The van der Waals surface area contributed by atoms with E-state index in [9.17, 15) is 19.2 Å². The van der Waals surface area contributed by atoms with Crippen molar-refractivity contribution in [2.75, 3.05) is 5.32 Å². The maximum Gasteiger partial charge on any atom is 0.311 e. The topological polar surface area (TPSA) is 117 Å². The number of hydrogen-bond donors (Lipinski definition) is 3. The van der Waals surface area contributed by atoms with Crippen LogP contribution in [0.4, 0.5) is 5.69 Å². The Kier molecular flexibility index (Phi) is 9.12. The number of benzene rings is 3. The Morgan fingerprint density at radius 1 is 0.974 bits per heavy atom. The molecular formula is C30H28ClN3O5. The van der Waals surface area contributed by atoms with E-state index in [1.165, 1.54) is 6.07 Å². The predicted molar refractivity (Wildman–Crippen MR) is 151 cm³/mol. The molecule has 0 spiro atoms. The average Bonchev–Trinajstić information content (AvgIpc) is 2.92. The van der Waals surface area contributed by atoms with Gasteiger partial charge in [0.15, 0.2) is 5.75 Å². The van der Waals surface area contributed by atoms with Gasteiger partial charge in [-0.15, -0.1) is 0 Å². The van der Waals surface area contributed by atoms with Crippen molar-refractivity contribution in [2.45, 2.75) is 38.6 Å². The molecule has 0 aliphatic heterocycles. The molecule has 0 bridgehead atoms. The third-order valence-corrected chi connectivity index (χ3v) is 6.34. The predicted octanol–water partition coefficient (Wildman–Crippen LogP) is 5.26. The van der Waals surface area contributed by atoms with Gasteiger partial charge in [-0.05, 0) is 54.4 Å². The first-order valence-corrected chi connectivity index (χ1v) is 13.0. The number of pyridine rings is 1. The lowest BCUT2D eigenvalue weighted by Gasteiger charge is -2.20. The molecule has 0 aliphatic carbocycles.